The molecule has 100 valence electrons. The minimum absolute atomic E-state index is 0.0444. The molecule has 0 aliphatic carbocycles. The minimum atomic E-state index is -0.0487. The van der Waals surface area contributed by atoms with Crippen LogP contribution in [-0.4, -0.2) is 42.2 Å². The van der Waals surface area contributed by atoms with Gasteiger partial charge in [0.25, 0.3) is 5.91 Å². The molecule has 0 radical (unpaired) electrons. The Bertz CT molecular complexity index is 379. The molecule has 0 atom stereocenters. The van der Waals surface area contributed by atoms with Gasteiger partial charge >= 0.3 is 0 Å². The van der Waals surface area contributed by atoms with Crippen LogP contribution >= 0.6 is 0 Å². The van der Waals surface area contributed by atoms with Crippen molar-refractivity contribution in [2.24, 2.45) is 0 Å². The highest BCUT2D eigenvalue weighted by Gasteiger charge is 2.11. The first-order valence-corrected chi connectivity index (χ1v) is 6.25. The summed E-state index contributed by atoms with van der Waals surface area (Å²) in [5.74, 6) is 0.661. The molecule has 0 saturated carbocycles. The molecule has 1 aromatic carbocycles. The second kappa shape index (κ2) is 7.71. The van der Waals surface area contributed by atoms with E-state index in [1.54, 1.807) is 4.90 Å². The lowest BCUT2D eigenvalue weighted by Crippen LogP contribution is -2.35. The fraction of sp³-hybridized carbons (Fsp3) is 0.500. The fourth-order valence-corrected chi connectivity index (χ4v) is 1.66. The van der Waals surface area contributed by atoms with Gasteiger partial charge < -0.3 is 14.7 Å². The first-order chi connectivity index (χ1) is 8.67. The highest BCUT2D eigenvalue weighted by atomic mass is 16.5. The zero-order chi connectivity index (χ0) is 13.4. The van der Waals surface area contributed by atoms with Gasteiger partial charge in [0.1, 0.15) is 5.75 Å². The van der Waals surface area contributed by atoms with Crippen molar-refractivity contribution in [2.45, 2.75) is 20.3 Å². The average molecular weight is 251 g/mol. The molecule has 1 amide bonds. The lowest BCUT2D eigenvalue weighted by Gasteiger charge is -2.20. The SMILES string of the molecule is CCN(CCCO)C(=O)COc1cccc(C)c1. The lowest BCUT2D eigenvalue weighted by molar-refractivity contribution is -0.133. The number of rotatable bonds is 7. The Balaban J connectivity index is 2.44. The Morgan fingerprint density at radius 1 is 1.44 bits per heavy atom. The van der Waals surface area contributed by atoms with E-state index < -0.39 is 0 Å². The van der Waals surface area contributed by atoms with Gasteiger partial charge in [0.15, 0.2) is 6.61 Å². The Labute approximate surface area is 108 Å². The molecule has 1 rings (SSSR count). The van der Waals surface area contributed by atoms with E-state index in [4.69, 9.17) is 9.84 Å². The van der Waals surface area contributed by atoms with Crippen molar-refractivity contribution in [1.29, 1.82) is 0 Å². The van der Waals surface area contributed by atoms with Gasteiger partial charge in [-0.25, -0.2) is 0 Å². The quantitative estimate of drug-likeness (QED) is 0.801. The number of benzene rings is 1. The monoisotopic (exact) mass is 251 g/mol. The van der Waals surface area contributed by atoms with Crippen LogP contribution in [0.4, 0.5) is 0 Å². The zero-order valence-electron chi connectivity index (χ0n) is 11.1. The van der Waals surface area contributed by atoms with Gasteiger partial charge in [-0.15, -0.1) is 0 Å². The van der Waals surface area contributed by atoms with Crippen molar-refractivity contribution in [1.82, 2.24) is 4.90 Å². The molecular formula is C14H21NO3. The van der Waals surface area contributed by atoms with Crippen molar-refractivity contribution < 1.29 is 14.6 Å². The Morgan fingerprint density at radius 2 is 2.22 bits per heavy atom. The number of carbonyl (C=O) groups is 1. The molecule has 0 bridgehead atoms. The molecule has 0 unspecified atom stereocenters. The van der Waals surface area contributed by atoms with Crippen LogP contribution < -0.4 is 4.74 Å². The summed E-state index contributed by atoms with van der Waals surface area (Å²) >= 11 is 0. The Kier molecular flexibility index (Phi) is 6.22. The number of carbonyl (C=O) groups excluding carboxylic acids is 1. The van der Waals surface area contributed by atoms with Gasteiger partial charge in [-0.2, -0.15) is 0 Å². The molecule has 0 heterocycles. The van der Waals surface area contributed by atoms with E-state index in [9.17, 15) is 4.79 Å². The average Bonchev–Trinajstić information content (AvgIpc) is 2.37. The summed E-state index contributed by atoms with van der Waals surface area (Å²) < 4.78 is 5.46. The number of amides is 1. The first-order valence-electron chi connectivity index (χ1n) is 6.25. The number of aryl methyl sites for hydroxylation is 1. The van der Waals surface area contributed by atoms with Crippen LogP contribution in [0.3, 0.4) is 0 Å². The summed E-state index contributed by atoms with van der Waals surface area (Å²) in [5, 5.41) is 8.76. The summed E-state index contributed by atoms with van der Waals surface area (Å²) in [6, 6.07) is 7.62. The molecule has 0 saturated heterocycles. The predicted octanol–water partition coefficient (Wildman–Crippen LogP) is 1.60. The molecule has 4 nitrogen and oxygen atoms in total. The number of likely N-dealkylation sites (N-methyl/N-ethyl adjacent to an activating group) is 1. The number of hydrogen-bond donors (Lipinski definition) is 1. The van der Waals surface area contributed by atoms with Crippen LogP contribution in [0.25, 0.3) is 0 Å². The zero-order valence-corrected chi connectivity index (χ0v) is 11.1. The van der Waals surface area contributed by atoms with Crippen LogP contribution in [0.1, 0.15) is 18.9 Å². The Hall–Kier alpha value is -1.55. The highest BCUT2D eigenvalue weighted by molar-refractivity contribution is 5.77. The van der Waals surface area contributed by atoms with Crippen molar-refractivity contribution in [2.75, 3.05) is 26.3 Å². The van der Waals surface area contributed by atoms with E-state index in [-0.39, 0.29) is 19.1 Å². The van der Waals surface area contributed by atoms with Gasteiger partial charge in [0.2, 0.25) is 0 Å². The number of ether oxygens (including phenoxy) is 1. The van der Waals surface area contributed by atoms with Gasteiger partial charge in [-0.05, 0) is 38.0 Å². The maximum absolute atomic E-state index is 11.9. The van der Waals surface area contributed by atoms with Crippen LogP contribution in [0.15, 0.2) is 24.3 Å². The smallest absolute Gasteiger partial charge is 0.260 e. The molecule has 0 aliphatic rings. The minimum Gasteiger partial charge on any atom is -0.484 e. The van der Waals surface area contributed by atoms with Crippen molar-refractivity contribution in [3.63, 3.8) is 0 Å². The maximum Gasteiger partial charge on any atom is 0.260 e. The number of aliphatic hydroxyl groups is 1. The predicted molar refractivity (Wildman–Crippen MR) is 70.6 cm³/mol. The summed E-state index contributed by atoms with van der Waals surface area (Å²) in [7, 11) is 0. The third-order valence-corrected chi connectivity index (χ3v) is 2.67. The molecule has 0 spiro atoms. The van der Waals surface area contributed by atoms with Gasteiger partial charge in [-0.1, -0.05) is 12.1 Å². The molecule has 1 N–H and O–H groups in total. The lowest BCUT2D eigenvalue weighted by atomic mass is 10.2. The third-order valence-electron chi connectivity index (χ3n) is 2.67. The first kappa shape index (κ1) is 14.5. The van der Waals surface area contributed by atoms with Crippen molar-refractivity contribution >= 4 is 5.91 Å². The standard InChI is InChI=1S/C14H21NO3/c1-3-15(8-5-9-16)14(17)11-18-13-7-4-6-12(2)10-13/h4,6-7,10,16H,3,5,8-9,11H2,1-2H3. The van der Waals surface area contributed by atoms with E-state index in [0.29, 0.717) is 25.3 Å². The van der Waals surface area contributed by atoms with E-state index in [0.717, 1.165) is 5.56 Å². The molecule has 0 fully saturated rings. The van der Waals surface area contributed by atoms with Crippen LogP contribution in [0, 0.1) is 6.92 Å². The summed E-state index contributed by atoms with van der Waals surface area (Å²) in [6.45, 7) is 5.25. The van der Waals surface area contributed by atoms with Gasteiger partial charge in [0.05, 0.1) is 0 Å². The van der Waals surface area contributed by atoms with Gasteiger partial charge in [0, 0.05) is 19.7 Å². The molecule has 4 heteroatoms. The second-order valence-electron chi connectivity index (χ2n) is 4.16. The second-order valence-corrected chi connectivity index (χ2v) is 4.16. The third kappa shape index (κ3) is 4.75. The molecule has 1 aromatic rings. The van der Waals surface area contributed by atoms with Crippen molar-refractivity contribution in [3.05, 3.63) is 29.8 Å². The van der Waals surface area contributed by atoms with E-state index in [2.05, 4.69) is 0 Å². The highest BCUT2D eigenvalue weighted by Crippen LogP contribution is 2.12. The number of aliphatic hydroxyl groups excluding tert-OH is 1. The summed E-state index contributed by atoms with van der Waals surface area (Å²) in [6.07, 6.45) is 0.601. The topological polar surface area (TPSA) is 49.8 Å². The van der Waals surface area contributed by atoms with E-state index in [1.165, 1.54) is 0 Å². The van der Waals surface area contributed by atoms with Crippen LogP contribution in [-0.2, 0) is 4.79 Å². The van der Waals surface area contributed by atoms with Crippen LogP contribution in [0.2, 0.25) is 0 Å². The molecule has 0 aromatic heterocycles. The fourth-order valence-electron chi connectivity index (χ4n) is 1.66. The summed E-state index contributed by atoms with van der Waals surface area (Å²) in [5.41, 5.74) is 1.10. The molecule has 18 heavy (non-hydrogen) atoms. The van der Waals surface area contributed by atoms with Crippen LogP contribution in [0.5, 0.6) is 5.75 Å². The summed E-state index contributed by atoms with van der Waals surface area (Å²) in [4.78, 5) is 13.5. The number of nitrogens with zero attached hydrogens (tertiary/aromatic N) is 1. The Morgan fingerprint density at radius 3 is 2.83 bits per heavy atom. The molecular weight excluding hydrogens is 230 g/mol. The normalized spacial score (nSPS) is 10.2. The molecule has 0 aliphatic heterocycles. The largest absolute Gasteiger partial charge is 0.484 e. The number of hydrogen-bond acceptors (Lipinski definition) is 3. The van der Waals surface area contributed by atoms with Gasteiger partial charge in [-0.3, -0.25) is 4.79 Å². The van der Waals surface area contributed by atoms with E-state index >= 15 is 0 Å². The van der Waals surface area contributed by atoms with Crippen molar-refractivity contribution in [3.8, 4) is 5.75 Å². The van der Waals surface area contributed by atoms with E-state index in [1.807, 2.05) is 38.1 Å². The maximum atomic E-state index is 11.9.